The molecule has 0 bridgehead atoms. The maximum Gasteiger partial charge on any atom is 0.488 e. The smallest absolute Gasteiger partial charge is 0.478 e. The van der Waals surface area contributed by atoms with Crippen LogP contribution in [0.4, 0.5) is 26.3 Å². The molecule has 0 aliphatic heterocycles. The second-order valence-electron chi connectivity index (χ2n) is 6.43. The zero-order valence-corrected chi connectivity index (χ0v) is 16.0. The lowest BCUT2D eigenvalue weighted by atomic mass is 9.79. The molecule has 0 radical (unpaired) electrons. The zero-order valence-electron chi connectivity index (χ0n) is 16.0. The van der Waals surface area contributed by atoms with Crippen molar-refractivity contribution >= 4 is 18.6 Å². The molecule has 3 aromatic rings. The van der Waals surface area contributed by atoms with Crippen molar-refractivity contribution in [2.75, 3.05) is 0 Å². The third-order valence-electron chi connectivity index (χ3n) is 4.17. The Kier molecular flexibility index (Phi) is 7.71. The fraction of sp³-hybridized carbons (Fsp3) is 0.0952. The molecule has 0 spiro atoms. The van der Waals surface area contributed by atoms with Gasteiger partial charge in [0.15, 0.2) is 0 Å². The van der Waals surface area contributed by atoms with Crippen molar-refractivity contribution in [2.45, 2.75) is 12.4 Å². The van der Waals surface area contributed by atoms with Gasteiger partial charge in [0.25, 0.3) is 0 Å². The van der Waals surface area contributed by atoms with E-state index in [0.717, 1.165) is 24.3 Å². The maximum absolute atomic E-state index is 12.6. The van der Waals surface area contributed by atoms with Crippen LogP contribution in [0.15, 0.2) is 72.8 Å². The van der Waals surface area contributed by atoms with Crippen molar-refractivity contribution < 1.29 is 46.3 Å². The molecular weight excluding hydrogens is 441 g/mol. The van der Waals surface area contributed by atoms with Crippen LogP contribution >= 0.6 is 0 Å². The molecule has 11 heteroatoms. The minimum atomic E-state index is -4.45. The normalized spacial score (nSPS) is 11.4. The summed E-state index contributed by atoms with van der Waals surface area (Å²) in [5, 5.41) is 26.2. The van der Waals surface area contributed by atoms with E-state index in [2.05, 4.69) is 0 Å². The lowest BCUT2D eigenvalue weighted by Crippen LogP contribution is -2.30. The third kappa shape index (κ3) is 6.60. The van der Waals surface area contributed by atoms with Crippen molar-refractivity contribution in [2.24, 2.45) is 0 Å². The molecule has 0 aliphatic carbocycles. The Labute approximate surface area is 178 Å². The van der Waals surface area contributed by atoms with E-state index in [0.29, 0.717) is 6.07 Å². The second-order valence-corrected chi connectivity index (χ2v) is 6.43. The molecular formula is C21H15BF6O4. The van der Waals surface area contributed by atoms with Crippen LogP contribution in [0.5, 0.6) is 0 Å². The van der Waals surface area contributed by atoms with Crippen LogP contribution in [-0.2, 0) is 12.4 Å². The first-order valence-corrected chi connectivity index (χ1v) is 8.84. The number of carbonyl (C=O) groups is 1. The van der Waals surface area contributed by atoms with Gasteiger partial charge in [-0.2, -0.15) is 26.3 Å². The standard InChI is InChI=1S/C14H9F3O2.C7H6BF3O2/c15-14(16,17)10-5-3-4-9(8-10)11-6-1-2-7-12(11)13(18)19;9-7(10,11)5-2-1-3-6(4-5)8(12)13/h1-8H,(H,18,19);1-4,12-13H. The van der Waals surface area contributed by atoms with Crippen LogP contribution in [0.1, 0.15) is 21.5 Å². The number of hydrogen-bond donors (Lipinski definition) is 3. The maximum atomic E-state index is 12.6. The number of alkyl halides is 6. The number of halogens is 6. The van der Waals surface area contributed by atoms with Crippen LogP contribution in [0.25, 0.3) is 11.1 Å². The molecule has 168 valence electrons. The van der Waals surface area contributed by atoms with Gasteiger partial charge < -0.3 is 15.2 Å². The zero-order chi connectivity index (χ0) is 24.1. The van der Waals surface area contributed by atoms with Crippen LogP contribution in [0.3, 0.4) is 0 Å². The highest BCUT2D eigenvalue weighted by atomic mass is 19.4. The van der Waals surface area contributed by atoms with Gasteiger partial charge >= 0.3 is 25.4 Å². The third-order valence-corrected chi connectivity index (χ3v) is 4.17. The van der Waals surface area contributed by atoms with Gasteiger partial charge in [-0.1, -0.05) is 54.6 Å². The largest absolute Gasteiger partial charge is 0.488 e. The summed E-state index contributed by atoms with van der Waals surface area (Å²) in [6.07, 6.45) is -8.90. The quantitative estimate of drug-likeness (QED) is 0.402. The Bertz CT molecular complexity index is 1080. The Morgan fingerprint density at radius 3 is 1.78 bits per heavy atom. The minimum Gasteiger partial charge on any atom is -0.478 e. The summed E-state index contributed by atoms with van der Waals surface area (Å²) >= 11 is 0. The van der Waals surface area contributed by atoms with Crippen LogP contribution in [0, 0.1) is 0 Å². The lowest BCUT2D eigenvalue weighted by Gasteiger charge is -2.10. The highest BCUT2D eigenvalue weighted by Crippen LogP contribution is 2.33. The van der Waals surface area contributed by atoms with E-state index in [1.807, 2.05) is 0 Å². The molecule has 0 aliphatic rings. The number of benzene rings is 3. The number of rotatable bonds is 3. The summed E-state index contributed by atoms with van der Waals surface area (Å²) in [7, 11) is -1.87. The molecule has 3 aromatic carbocycles. The number of carboxylic acids is 1. The van der Waals surface area contributed by atoms with E-state index in [1.54, 1.807) is 6.07 Å². The van der Waals surface area contributed by atoms with Gasteiger partial charge in [-0.05, 0) is 34.8 Å². The van der Waals surface area contributed by atoms with E-state index in [4.69, 9.17) is 15.2 Å². The first-order valence-electron chi connectivity index (χ1n) is 8.84. The highest BCUT2D eigenvalue weighted by Gasteiger charge is 2.31. The highest BCUT2D eigenvalue weighted by molar-refractivity contribution is 6.58. The van der Waals surface area contributed by atoms with Gasteiger partial charge in [0.1, 0.15) is 0 Å². The molecule has 0 saturated heterocycles. The van der Waals surface area contributed by atoms with E-state index < -0.39 is 36.6 Å². The van der Waals surface area contributed by atoms with Gasteiger partial charge in [0.05, 0.1) is 16.7 Å². The van der Waals surface area contributed by atoms with Crippen LogP contribution in [-0.4, -0.2) is 28.2 Å². The van der Waals surface area contributed by atoms with Gasteiger partial charge in [-0.25, -0.2) is 4.79 Å². The Morgan fingerprint density at radius 2 is 1.25 bits per heavy atom. The SMILES string of the molecule is O=C(O)c1ccccc1-c1cccc(C(F)(F)F)c1.OB(O)c1cccc(C(F)(F)F)c1. The van der Waals surface area contributed by atoms with Gasteiger partial charge in [0, 0.05) is 0 Å². The van der Waals surface area contributed by atoms with E-state index in [9.17, 15) is 31.1 Å². The Morgan fingerprint density at radius 1 is 0.719 bits per heavy atom. The molecule has 0 fully saturated rings. The molecule has 4 nitrogen and oxygen atoms in total. The second kappa shape index (κ2) is 9.88. The van der Waals surface area contributed by atoms with Crippen molar-refractivity contribution in [1.82, 2.24) is 0 Å². The van der Waals surface area contributed by atoms with Crippen molar-refractivity contribution in [1.29, 1.82) is 0 Å². The van der Waals surface area contributed by atoms with Crippen LogP contribution in [0.2, 0.25) is 0 Å². The van der Waals surface area contributed by atoms with Gasteiger partial charge in [0.2, 0.25) is 0 Å². The predicted octanol–water partition coefficient (Wildman–Crippen LogP) is 4.46. The molecule has 0 amide bonds. The van der Waals surface area contributed by atoms with Gasteiger partial charge in [-0.3, -0.25) is 0 Å². The van der Waals surface area contributed by atoms with E-state index >= 15 is 0 Å². The Balaban J connectivity index is 0.000000244. The average molecular weight is 456 g/mol. The minimum absolute atomic E-state index is 0.0261. The first kappa shape index (κ1) is 25.0. The Hall–Kier alpha value is -3.31. The summed E-state index contributed by atoms with van der Waals surface area (Å²) in [5.74, 6) is -1.17. The summed E-state index contributed by atoms with van der Waals surface area (Å²) in [6, 6.07) is 14.5. The fourth-order valence-corrected chi connectivity index (χ4v) is 2.66. The van der Waals surface area contributed by atoms with Crippen molar-refractivity contribution in [3.8, 4) is 11.1 Å². The summed E-state index contributed by atoms with van der Waals surface area (Å²) in [4.78, 5) is 11.1. The van der Waals surface area contributed by atoms with Crippen molar-refractivity contribution in [3.63, 3.8) is 0 Å². The lowest BCUT2D eigenvalue weighted by molar-refractivity contribution is -0.138. The average Bonchev–Trinajstić information content (AvgIpc) is 2.73. The molecule has 0 atom stereocenters. The molecule has 0 aromatic heterocycles. The topological polar surface area (TPSA) is 77.8 Å². The predicted molar refractivity (Wildman–Crippen MR) is 105 cm³/mol. The molecule has 32 heavy (non-hydrogen) atoms. The van der Waals surface area contributed by atoms with Crippen LogP contribution < -0.4 is 5.46 Å². The number of carboxylic acid groups (broad SMARTS) is 1. The number of aromatic carboxylic acids is 1. The summed E-state index contributed by atoms with van der Waals surface area (Å²) in [6.45, 7) is 0. The molecule has 3 N–H and O–H groups in total. The van der Waals surface area contributed by atoms with E-state index in [-0.39, 0.29) is 22.2 Å². The summed E-state index contributed by atoms with van der Waals surface area (Å²) in [5.41, 5.74) is -1.39. The first-order chi connectivity index (χ1) is 14.8. The molecule has 0 saturated carbocycles. The molecule has 0 heterocycles. The fourth-order valence-electron chi connectivity index (χ4n) is 2.66. The number of hydrogen-bond acceptors (Lipinski definition) is 3. The van der Waals surface area contributed by atoms with Gasteiger partial charge in [-0.15, -0.1) is 0 Å². The summed E-state index contributed by atoms with van der Waals surface area (Å²) < 4.78 is 74.1. The molecule has 3 rings (SSSR count). The van der Waals surface area contributed by atoms with Crippen molar-refractivity contribution in [3.05, 3.63) is 89.5 Å². The van der Waals surface area contributed by atoms with E-state index in [1.165, 1.54) is 36.4 Å². The molecule has 0 unspecified atom stereocenters. The monoisotopic (exact) mass is 456 g/mol.